The molecule has 8 fully saturated rings. The molecule has 4 aliphatic carbocycles. The predicted octanol–water partition coefficient (Wildman–Crippen LogP) is 5.47. The summed E-state index contributed by atoms with van der Waals surface area (Å²) in [5, 5.41) is 12.7. The molecule has 8 rings (SSSR count). The number of piperidine rings is 1. The summed E-state index contributed by atoms with van der Waals surface area (Å²) in [6.07, 6.45) is 21.5. The molecule has 4 atom stereocenters. The van der Waals surface area contributed by atoms with Crippen LogP contribution in [0.5, 0.6) is 0 Å². The summed E-state index contributed by atoms with van der Waals surface area (Å²) < 4.78 is 13.0. The molecular formula is C44H70N4O6. The molecule has 10 heteroatoms. The summed E-state index contributed by atoms with van der Waals surface area (Å²) in [5.41, 5.74) is 4.13. The first-order valence-electron chi connectivity index (χ1n) is 22.5. The minimum Gasteiger partial charge on any atom is -0.393 e. The van der Waals surface area contributed by atoms with Crippen LogP contribution < -0.4 is 5.32 Å². The van der Waals surface area contributed by atoms with Crippen LogP contribution in [-0.2, 0) is 23.9 Å². The lowest BCUT2D eigenvalue weighted by molar-refractivity contribution is -0.145. The molecule has 4 heterocycles. The number of imide groups is 1. The second kappa shape index (κ2) is 17.3. The Hall–Kier alpha value is -1.85. The molecule has 0 radical (unpaired) electrons. The largest absolute Gasteiger partial charge is 0.393 e. The second-order valence-electron chi connectivity index (χ2n) is 19.0. The fourth-order valence-corrected chi connectivity index (χ4v) is 12.7. The zero-order valence-electron chi connectivity index (χ0n) is 33.3. The highest BCUT2D eigenvalue weighted by molar-refractivity contribution is 6.02. The van der Waals surface area contributed by atoms with Gasteiger partial charge < -0.3 is 19.5 Å². The minimum atomic E-state index is -0.517. The van der Waals surface area contributed by atoms with Crippen LogP contribution in [0.2, 0.25) is 0 Å². The van der Waals surface area contributed by atoms with E-state index in [4.69, 9.17) is 9.47 Å². The molecule has 0 aromatic carbocycles. The van der Waals surface area contributed by atoms with Crippen molar-refractivity contribution in [1.82, 2.24) is 20.0 Å². The second-order valence-corrected chi connectivity index (χ2v) is 19.0. The van der Waals surface area contributed by atoms with Gasteiger partial charge in [-0.05, 0) is 108 Å². The number of ether oxygens (including phenoxy) is 2. The lowest BCUT2D eigenvalue weighted by atomic mass is 9.68. The number of aliphatic hydroxyl groups excluding tert-OH is 1. The van der Waals surface area contributed by atoms with Crippen molar-refractivity contribution in [3.8, 4) is 0 Å². The number of hydrogen-bond acceptors (Lipinski definition) is 8. The van der Waals surface area contributed by atoms with Crippen molar-refractivity contribution < 1.29 is 29.0 Å². The fraction of sp³-hybridized carbons (Fsp3) is 0.886. The van der Waals surface area contributed by atoms with E-state index in [1.54, 1.807) is 4.90 Å². The number of nitrogens with one attached hydrogen (secondary N) is 1. The van der Waals surface area contributed by atoms with Gasteiger partial charge >= 0.3 is 0 Å². The maximum Gasteiger partial charge on any atom is 0.249 e. The number of amides is 3. The van der Waals surface area contributed by atoms with Crippen LogP contribution in [0.25, 0.3) is 0 Å². The lowest BCUT2D eigenvalue weighted by Crippen LogP contribution is -2.72. The summed E-state index contributed by atoms with van der Waals surface area (Å²) in [6, 6.07) is -0.517. The third-order valence-corrected chi connectivity index (χ3v) is 15.4. The maximum absolute atomic E-state index is 13.3. The van der Waals surface area contributed by atoms with Crippen LogP contribution in [0.15, 0.2) is 11.1 Å². The van der Waals surface area contributed by atoms with Crippen molar-refractivity contribution in [2.24, 2.45) is 35.0 Å². The number of aliphatic hydroxyl groups is 1. The summed E-state index contributed by atoms with van der Waals surface area (Å²) >= 11 is 0. The normalized spacial score (nSPS) is 37.1. The molecule has 1 spiro atoms. The number of fused-ring (bicyclic) bond motifs is 1. The van der Waals surface area contributed by atoms with Crippen molar-refractivity contribution in [3.05, 3.63) is 11.1 Å². The molecular weight excluding hydrogens is 681 g/mol. The van der Waals surface area contributed by atoms with E-state index in [0.717, 1.165) is 76.7 Å². The first-order chi connectivity index (χ1) is 26.3. The zero-order chi connectivity index (χ0) is 37.2. The van der Waals surface area contributed by atoms with Crippen LogP contribution >= 0.6 is 0 Å². The molecule has 302 valence electrons. The monoisotopic (exact) mass is 751 g/mol. The molecule has 4 unspecified atom stereocenters. The summed E-state index contributed by atoms with van der Waals surface area (Å²) in [5.74, 6) is 1.84. The fourth-order valence-electron chi connectivity index (χ4n) is 12.7. The van der Waals surface area contributed by atoms with Gasteiger partial charge in [-0.3, -0.25) is 29.5 Å². The quantitative estimate of drug-likeness (QED) is 0.189. The molecule has 2 N–H and O–H groups in total. The Bertz CT molecular complexity index is 1350. The van der Waals surface area contributed by atoms with E-state index >= 15 is 0 Å². The van der Waals surface area contributed by atoms with Crippen LogP contribution in [0.1, 0.15) is 129 Å². The SMILES string of the molecule is CC/C(=C(\C1CCC(O)CC1)C1CCC(OCCN2CC3(C2)CN(CCOC2CCCC4C(=O)N(C5CCC(=O)NC5=O)CC24)C3)CC1)C1CCCCC1. The van der Waals surface area contributed by atoms with Gasteiger partial charge in [0, 0.05) is 69.5 Å². The number of likely N-dealkylation sites (tertiary alicyclic amines) is 3. The Morgan fingerprint density at radius 1 is 0.741 bits per heavy atom. The lowest BCUT2D eigenvalue weighted by Gasteiger charge is -2.60. The molecule has 4 saturated carbocycles. The van der Waals surface area contributed by atoms with Gasteiger partial charge in [-0.2, -0.15) is 0 Å². The highest BCUT2D eigenvalue weighted by Gasteiger charge is 2.52. The Kier molecular flexibility index (Phi) is 12.5. The maximum atomic E-state index is 13.3. The van der Waals surface area contributed by atoms with Gasteiger partial charge in [0.15, 0.2) is 0 Å². The molecule has 4 aliphatic heterocycles. The van der Waals surface area contributed by atoms with Crippen molar-refractivity contribution in [3.63, 3.8) is 0 Å². The smallest absolute Gasteiger partial charge is 0.249 e. The van der Waals surface area contributed by atoms with Gasteiger partial charge in [-0.25, -0.2) is 0 Å². The number of hydrogen-bond donors (Lipinski definition) is 2. The summed E-state index contributed by atoms with van der Waals surface area (Å²) in [7, 11) is 0. The number of carbonyl (C=O) groups is 3. The Morgan fingerprint density at radius 3 is 2.04 bits per heavy atom. The molecule has 4 saturated heterocycles. The van der Waals surface area contributed by atoms with Gasteiger partial charge in [0.2, 0.25) is 17.7 Å². The number of rotatable bonds is 13. The van der Waals surface area contributed by atoms with Gasteiger partial charge in [-0.1, -0.05) is 43.8 Å². The molecule has 54 heavy (non-hydrogen) atoms. The topological polar surface area (TPSA) is 112 Å². The average molecular weight is 751 g/mol. The summed E-state index contributed by atoms with van der Waals surface area (Å²) in [4.78, 5) is 44.3. The van der Waals surface area contributed by atoms with Crippen LogP contribution in [0, 0.1) is 35.0 Å². The molecule has 0 bridgehead atoms. The van der Waals surface area contributed by atoms with Crippen molar-refractivity contribution >= 4 is 17.7 Å². The van der Waals surface area contributed by atoms with E-state index in [9.17, 15) is 19.5 Å². The van der Waals surface area contributed by atoms with Gasteiger partial charge in [0.1, 0.15) is 6.04 Å². The zero-order valence-corrected chi connectivity index (χ0v) is 33.3. The van der Waals surface area contributed by atoms with Crippen molar-refractivity contribution in [2.75, 3.05) is 59.0 Å². The van der Waals surface area contributed by atoms with E-state index in [1.807, 2.05) is 11.1 Å². The number of allylic oxidation sites excluding steroid dienone is 2. The molecule has 8 aliphatic rings. The van der Waals surface area contributed by atoms with Crippen LogP contribution in [-0.4, -0.2) is 121 Å². The predicted molar refractivity (Wildman–Crippen MR) is 207 cm³/mol. The van der Waals surface area contributed by atoms with Gasteiger partial charge in [0.05, 0.1) is 31.5 Å². The Balaban J connectivity index is 0.720. The number of carbonyl (C=O) groups excluding carboxylic acids is 3. The van der Waals surface area contributed by atoms with E-state index in [1.165, 1.54) is 90.1 Å². The standard InChI is InChI=1S/C44H70N4O6/c1-2-35(30-7-4-3-5-8-30)41(31-11-15-33(49)16-12-31)32-13-17-34(18-14-32)53-23-21-46-26-44(27-46)28-47(29-44)22-24-54-39-10-6-9-36-37(39)25-48(43(36)52)38-19-20-40(50)45-42(38)51/h30-34,36-39,49H,2-29H2,1H3,(H,45,50,51)/b41-35-. The van der Waals surface area contributed by atoms with E-state index < -0.39 is 6.04 Å². The highest BCUT2D eigenvalue weighted by atomic mass is 16.5. The van der Waals surface area contributed by atoms with Crippen LogP contribution in [0.3, 0.4) is 0 Å². The van der Waals surface area contributed by atoms with Gasteiger partial charge in [-0.15, -0.1) is 0 Å². The highest BCUT2D eigenvalue weighted by Crippen LogP contribution is 2.46. The molecule has 10 nitrogen and oxygen atoms in total. The van der Waals surface area contributed by atoms with E-state index in [-0.39, 0.29) is 41.8 Å². The Morgan fingerprint density at radius 2 is 1.39 bits per heavy atom. The number of nitrogens with zero attached hydrogens (tertiary/aromatic N) is 3. The average Bonchev–Trinajstić information content (AvgIpc) is 3.49. The van der Waals surface area contributed by atoms with Gasteiger partial charge in [0.25, 0.3) is 0 Å². The minimum absolute atomic E-state index is 0.0563. The third-order valence-electron chi connectivity index (χ3n) is 15.4. The van der Waals surface area contributed by atoms with Crippen molar-refractivity contribution in [1.29, 1.82) is 0 Å². The van der Waals surface area contributed by atoms with Crippen LogP contribution in [0.4, 0.5) is 0 Å². The van der Waals surface area contributed by atoms with Crippen molar-refractivity contribution in [2.45, 2.75) is 153 Å². The first-order valence-corrected chi connectivity index (χ1v) is 22.5. The first kappa shape index (κ1) is 39.0. The summed E-state index contributed by atoms with van der Waals surface area (Å²) in [6.45, 7) is 11.2. The van der Waals surface area contributed by atoms with E-state index in [2.05, 4.69) is 22.0 Å². The molecule has 3 amide bonds. The molecule has 0 aromatic rings. The Labute approximate surface area is 324 Å². The van der Waals surface area contributed by atoms with E-state index in [0.29, 0.717) is 43.4 Å². The third kappa shape index (κ3) is 8.53. The molecule has 0 aromatic heterocycles.